The quantitative estimate of drug-likeness (QED) is 0.447. The van der Waals surface area contributed by atoms with Crippen LogP contribution in [0.4, 0.5) is 0 Å². The third-order valence-corrected chi connectivity index (χ3v) is 7.89. The van der Waals surface area contributed by atoms with Crippen LogP contribution in [-0.4, -0.2) is 0 Å². The Hall–Kier alpha value is -2.60. The monoisotopic (exact) mass is 420 g/mol. The average Bonchev–Trinajstić information content (AvgIpc) is 3.46. The molecule has 0 aromatic heterocycles. The van der Waals surface area contributed by atoms with E-state index in [1.54, 1.807) is 16.7 Å². The average molecular weight is 421 g/mol. The second-order valence-electron chi connectivity index (χ2n) is 10.3. The number of aryl methyl sites for hydroxylation is 2. The van der Waals surface area contributed by atoms with E-state index in [1.165, 1.54) is 63.8 Å². The molecular weight excluding hydrogens is 384 g/mol. The largest absolute Gasteiger partial charge is 0.0955 e. The number of hydrogen-bond acceptors (Lipinski definition) is 0. The molecular formula is C32H36. The molecule has 4 aliphatic rings. The summed E-state index contributed by atoms with van der Waals surface area (Å²) in [6.07, 6.45) is 17.5. The third kappa shape index (κ3) is 3.64. The molecule has 32 heavy (non-hydrogen) atoms. The minimum absolute atomic E-state index is 0.343. The van der Waals surface area contributed by atoms with Crippen LogP contribution in [0.25, 0.3) is 0 Å². The Morgan fingerprint density at radius 3 is 2.62 bits per heavy atom. The number of allylic oxidation sites excluding steroid dienone is 12. The summed E-state index contributed by atoms with van der Waals surface area (Å²) in [7, 11) is 0. The van der Waals surface area contributed by atoms with Gasteiger partial charge in [0.05, 0.1) is 0 Å². The highest BCUT2D eigenvalue weighted by molar-refractivity contribution is 5.62. The Bertz CT molecular complexity index is 1150. The van der Waals surface area contributed by atoms with Gasteiger partial charge < -0.3 is 0 Å². The molecule has 0 amide bonds. The normalized spacial score (nSPS) is 25.7. The standard InChI is InChI=1S/C32H36/c1-6-8-21(3)30-22(4)16-29-19-28(17-24-12-11-20(2)15-24)23(5)31(29)32(30)27-14-13-25-9-7-10-26(25)18-27/h11-14,16-18,31-32H,3,5-10,15,19H2,1-2,4H3. The van der Waals surface area contributed by atoms with E-state index >= 15 is 0 Å². The Morgan fingerprint density at radius 1 is 1.06 bits per heavy atom. The molecule has 2 atom stereocenters. The first-order chi connectivity index (χ1) is 15.5. The lowest BCUT2D eigenvalue weighted by molar-refractivity contribution is 0.618. The summed E-state index contributed by atoms with van der Waals surface area (Å²) < 4.78 is 0. The van der Waals surface area contributed by atoms with E-state index in [-0.39, 0.29) is 0 Å². The molecule has 0 spiro atoms. The SMILES string of the molecule is C=C(CCC)C1=C(C)C=C2CC(=CC3=CC=C(C)C3)C(=C)C2C1c1ccc2c(c1)CCC2. The summed E-state index contributed by atoms with van der Waals surface area (Å²) in [6.45, 7) is 16.0. The van der Waals surface area contributed by atoms with Gasteiger partial charge in [0.25, 0.3) is 0 Å². The van der Waals surface area contributed by atoms with Crippen LogP contribution < -0.4 is 0 Å². The van der Waals surface area contributed by atoms with Crippen molar-refractivity contribution < 1.29 is 0 Å². The highest BCUT2D eigenvalue weighted by Gasteiger charge is 2.41. The maximum atomic E-state index is 4.69. The number of fused-ring (bicyclic) bond motifs is 2. The van der Waals surface area contributed by atoms with Crippen molar-refractivity contribution in [3.8, 4) is 0 Å². The second-order valence-corrected chi connectivity index (χ2v) is 10.3. The van der Waals surface area contributed by atoms with Crippen molar-refractivity contribution in [2.75, 3.05) is 0 Å². The van der Waals surface area contributed by atoms with Gasteiger partial charge in [-0.15, -0.1) is 0 Å². The molecule has 0 nitrogen and oxygen atoms in total. The van der Waals surface area contributed by atoms with E-state index in [0.29, 0.717) is 11.8 Å². The molecule has 0 radical (unpaired) electrons. The van der Waals surface area contributed by atoms with Crippen molar-refractivity contribution in [3.63, 3.8) is 0 Å². The topological polar surface area (TPSA) is 0 Å². The molecule has 0 aliphatic heterocycles. The fourth-order valence-corrected chi connectivity index (χ4v) is 6.43. The summed E-state index contributed by atoms with van der Waals surface area (Å²) in [6, 6.07) is 7.33. The Balaban J connectivity index is 1.58. The van der Waals surface area contributed by atoms with Crippen LogP contribution in [-0.2, 0) is 12.8 Å². The molecule has 164 valence electrons. The lowest BCUT2D eigenvalue weighted by Crippen LogP contribution is -2.21. The summed E-state index contributed by atoms with van der Waals surface area (Å²) in [5.74, 6) is 0.708. The van der Waals surface area contributed by atoms with Gasteiger partial charge in [-0.2, -0.15) is 0 Å². The number of rotatable bonds is 5. The molecule has 4 aliphatic carbocycles. The Labute approximate surface area is 194 Å². The van der Waals surface area contributed by atoms with Crippen LogP contribution in [0.15, 0.2) is 100 Å². The summed E-state index contributed by atoms with van der Waals surface area (Å²) in [5, 5.41) is 0. The fourth-order valence-electron chi connectivity index (χ4n) is 6.43. The van der Waals surface area contributed by atoms with Crippen molar-refractivity contribution in [2.24, 2.45) is 5.92 Å². The van der Waals surface area contributed by atoms with Crippen LogP contribution in [0.1, 0.15) is 75.5 Å². The summed E-state index contributed by atoms with van der Waals surface area (Å²) in [5.41, 5.74) is 15.9. The Morgan fingerprint density at radius 2 is 1.88 bits per heavy atom. The number of benzene rings is 1. The van der Waals surface area contributed by atoms with Crippen LogP contribution in [0, 0.1) is 5.92 Å². The lowest BCUT2D eigenvalue weighted by atomic mass is 9.69. The zero-order valence-electron chi connectivity index (χ0n) is 20.1. The van der Waals surface area contributed by atoms with Gasteiger partial charge in [0.2, 0.25) is 0 Å². The van der Waals surface area contributed by atoms with Gasteiger partial charge in [-0.25, -0.2) is 0 Å². The van der Waals surface area contributed by atoms with Gasteiger partial charge in [0.15, 0.2) is 0 Å². The molecule has 1 aromatic rings. The van der Waals surface area contributed by atoms with Gasteiger partial charge in [-0.05, 0) is 96.9 Å². The molecule has 1 aromatic carbocycles. The van der Waals surface area contributed by atoms with E-state index in [9.17, 15) is 0 Å². The van der Waals surface area contributed by atoms with Crippen molar-refractivity contribution in [1.82, 2.24) is 0 Å². The van der Waals surface area contributed by atoms with Gasteiger partial charge >= 0.3 is 0 Å². The molecule has 0 heteroatoms. The molecule has 1 saturated carbocycles. The molecule has 0 bridgehead atoms. The van der Waals surface area contributed by atoms with Crippen molar-refractivity contribution in [3.05, 3.63) is 117 Å². The molecule has 0 saturated heterocycles. The first-order valence-electron chi connectivity index (χ1n) is 12.4. The zero-order chi connectivity index (χ0) is 22.4. The molecule has 2 unspecified atom stereocenters. The van der Waals surface area contributed by atoms with E-state index in [0.717, 1.165) is 25.7 Å². The minimum Gasteiger partial charge on any atom is -0.0955 e. The maximum Gasteiger partial charge on any atom is 0.0201 e. The van der Waals surface area contributed by atoms with Gasteiger partial charge in [0, 0.05) is 11.8 Å². The second kappa shape index (κ2) is 8.39. The highest BCUT2D eigenvalue weighted by Crippen LogP contribution is 2.55. The smallest absolute Gasteiger partial charge is 0.0201 e. The Kier molecular flexibility index (Phi) is 5.58. The van der Waals surface area contributed by atoms with Crippen LogP contribution >= 0.6 is 0 Å². The highest BCUT2D eigenvalue weighted by atomic mass is 14.4. The molecule has 1 fully saturated rings. The van der Waals surface area contributed by atoms with Crippen molar-refractivity contribution in [2.45, 2.75) is 71.6 Å². The van der Waals surface area contributed by atoms with E-state index in [4.69, 9.17) is 0 Å². The molecule has 5 rings (SSSR count). The van der Waals surface area contributed by atoms with Crippen LogP contribution in [0.5, 0.6) is 0 Å². The van der Waals surface area contributed by atoms with Crippen molar-refractivity contribution >= 4 is 0 Å². The third-order valence-electron chi connectivity index (χ3n) is 7.89. The predicted octanol–water partition coefficient (Wildman–Crippen LogP) is 8.65. The molecule has 0 N–H and O–H groups in total. The number of hydrogen-bond donors (Lipinski definition) is 0. The lowest BCUT2D eigenvalue weighted by Gasteiger charge is -2.35. The minimum atomic E-state index is 0.343. The van der Waals surface area contributed by atoms with Gasteiger partial charge in [0.1, 0.15) is 0 Å². The molecule has 0 heterocycles. The van der Waals surface area contributed by atoms with Gasteiger partial charge in [-0.3, -0.25) is 0 Å². The van der Waals surface area contributed by atoms with E-state index in [1.807, 2.05) is 0 Å². The van der Waals surface area contributed by atoms with Crippen LogP contribution in [0.3, 0.4) is 0 Å². The first kappa shape index (κ1) is 21.3. The first-order valence-corrected chi connectivity index (χ1v) is 12.4. The van der Waals surface area contributed by atoms with E-state index in [2.05, 4.69) is 76.4 Å². The van der Waals surface area contributed by atoms with E-state index < -0.39 is 0 Å². The fraction of sp³-hybridized carbons (Fsp3) is 0.375. The van der Waals surface area contributed by atoms with Crippen molar-refractivity contribution in [1.29, 1.82) is 0 Å². The predicted molar refractivity (Wildman–Crippen MR) is 138 cm³/mol. The summed E-state index contributed by atoms with van der Waals surface area (Å²) in [4.78, 5) is 0. The van der Waals surface area contributed by atoms with Gasteiger partial charge in [-0.1, -0.05) is 85.7 Å². The summed E-state index contributed by atoms with van der Waals surface area (Å²) >= 11 is 0. The zero-order valence-corrected chi connectivity index (χ0v) is 20.1. The maximum absolute atomic E-state index is 4.69. The van der Waals surface area contributed by atoms with Crippen LogP contribution in [0.2, 0.25) is 0 Å².